The zero-order chi connectivity index (χ0) is 27.9. The van der Waals surface area contributed by atoms with Gasteiger partial charge in [-0.15, -0.1) is 0 Å². The molecule has 1 aliphatic carbocycles. The van der Waals surface area contributed by atoms with E-state index in [9.17, 15) is 48.3 Å². The van der Waals surface area contributed by atoms with Crippen LogP contribution in [0.1, 0.15) is 36.8 Å². The quantitative estimate of drug-likeness (QED) is 0.392. The van der Waals surface area contributed by atoms with E-state index in [0.717, 1.165) is 24.3 Å². The third-order valence-electron chi connectivity index (χ3n) is 6.53. The topological polar surface area (TPSA) is 83.5 Å². The van der Waals surface area contributed by atoms with Gasteiger partial charge in [-0.1, -0.05) is 24.3 Å². The standard InChI is InChI=1S/C23H21F8NO4S/c24-16-5-7-18(8-6-16)37(35,36)20(11-9-17(10-12-20)32-19(34)13-33)14-1-3-15(4-2-14)21(25,22(26,27)28)23(29,30)31/h1-8,17,33H,9-13H2,(H,32,34)/t17-,20+. The predicted octanol–water partition coefficient (Wildman–Crippen LogP) is 4.84. The minimum Gasteiger partial charge on any atom is -0.387 e. The number of rotatable bonds is 6. The van der Waals surface area contributed by atoms with Gasteiger partial charge in [-0.25, -0.2) is 17.2 Å². The average molecular weight is 559 g/mol. The molecule has 0 saturated heterocycles. The Hall–Kier alpha value is -2.74. The summed E-state index contributed by atoms with van der Waals surface area (Å²) in [6.07, 6.45) is -13.1. The van der Waals surface area contributed by atoms with E-state index in [-0.39, 0.29) is 48.3 Å². The second-order valence-corrected chi connectivity index (χ2v) is 10.9. The molecular weight excluding hydrogens is 538 g/mol. The van der Waals surface area contributed by atoms with Crippen LogP contribution >= 0.6 is 0 Å². The van der Waals surface area contributed by atoms with Crippen LogP contribution in [0.4, 0.5) is 35.1 Å². The molecule has 0 spiro atoms. The molecule has 1 saturated carbocycles. The minimum absolute atomic E-state index is 0.0199. The summed E-state index contributed by atoms with van der Waals surface area (Å²) in [4.78, 5) is 11.2. The first-order valence-electron chi connectivity index (χ1n) is 10.8. The predicted molar refractivity (Wildman–Crippen MR) is 114 cm³/mol. The molecule has 204 valence electrons. The molecule has 1 aliphatic rings. The van der Waals surface area contributed by atoms with Gasteiger partial charge in [0.2, 0.25) is 5.91 Å². The Morgan fingerprint density at radius 2 is 1.38 bits per heavy atom. The van der Waals surface area contributed by atoms with Gasteiger partial charge in [0.05, 0.1) is 4.90 Å². The first kappa shape index (κ1) is 28.8. The maximum absolute atomic E-state index is 14.5. The fourth-order valence-corrected chi connectivity index (χ4v) is 6.71. The van der Waals surface area contributed by atoms with E-state index < -0.39 is 62.5 Å². The molecule has 0 unspecified atom stereocenters. The Morgan fingerprint density at radius 3 is 1.81 bits per heavy atom. The van der Waals surface area contributed by atoms with E-state index in [1.807, 2.05) is 0 Å². The molecule has 2 N–H and O–H groups in total. The molecule has 0 bridgehead atoms. The molecule has 1 fully saturated rings. The minimum atomic E-state index is -6.34. The lowest BCUT2D eigenvalue weighted by molar-refractivity contribution is -0.348. The number of sulfone groups is 1. The number of alkyl halides is 7. The first-order chi connectivity index (χ1) is 17.0. The third kappa shape index (κ3) is 5.05. The van der Waals surface area contributed by atoms with Crippen molar-refractivity contribution in [2.75, 3.05) is 6.61 Å². The average Bonchev–Trinajstić information content (AvgIpc) is 2.83. The van der Waals surface area contributed by atoms with Crippen molar-refractivity contribution in [3.63, 3.8) is 0 Å². The summed E-state index contributed by atoms with van der Waals surface area (Å²) < 4.78 is 132. The summed E-state index contributed by atoms with van der Waals surface area (Å²) >= 11 is 0. The van der Waals surface area contributed by atoms with Gasteiger partial charge in [-0.3, -0.25) is 4.79 Å². The molecule has 2 aromatic rings. The van der Waals surface area contributed by atoms with Crippen LogP contribution in [0, 0.1) is 5.82 Å². The van der Waals surface area contributed by atoms with Crippen LogP contribution < -0.4 is 5.32 Å². The number of hydrogen-bond donors (Lipinski definition) is 2. The summed E-state index contributed by atoms with van der Waals surface area (Å²) in [5, 5.41) is 11.4. The van der Waals surface area contributed by atoms with Crippen molar-refractivity contribution < 1.29 is 53.4 Å². The first-order valence-corrected chi connectivity index (χ1v) is 12.3. The van der Waals surface area contributed by atoms with Gasteiger partial charge in [0.15, 0.2) is 9.84 Å². The number of amides is 1. The second kappa shape index (κ2) is 9.86. The van der Waals surface area contributed by atoms with Gasteiger partial charge in [-0.2, -0.15) is 26.3 Å². The van der Waals surface area contributed by atoms with Crippen molar-refractivity contribution in [1.82, 2.24) is 5.32 Å². The van der Waals surface area contributed by atoms with Crippen molar-refractivity contribution in [2.45, 2.75) is 59.4 Å². The van der Waals surface area contributed by atoms with Gasteiger partial charge in [0.1, 0.15) is 17.2 Å². The van der Waals surface area contributed by atoms with Crippen LogP contribution in [0.25, 0.3) is 0 Å². The Bertz CT molecular complexity index is 1200. The molecule has 1 amide bonds. The lowest BCUT2D eigenvalue weighted by Gasteiger charge is -2.40. The summed E-state index contributed by atoms with van der Waals surface area (Å²) in [5.41, 5.74) is -7.65. The Kier molecular flexibility index (Phi) is 7.68. The largest absolute Gasteiger partial charge is 0.435 e. The molecule has 0 atom stereocenters. The summed E-state index contributed by atoms with van der Waals surface area (Å²) in [6, 6.07) is 5.03. The zero-order valence-electron chi connectivity index (χ0n) is 18.8. The molecule has 0 radical (unpaired) electrons. The van der Waals surface area contributed by atoms with E-state index >= 15 is 0 Å². The maximum Gasteiger partial charge on any atom is 0.435 e. The summed E-state index contributed by atoms with van der Waals surface area (Å²) in [5.74, 6) is -1.46. The molecule has 2 aromatic carbocycles. The number of carbonyl (C=O) groups excluding carboxylic acids is 1. The highest BCUT2D eigenvalue weighted by molar-refractivity contribution is 7.92. The fraction of sp³-hybridized carbons (Fsp3) is 0.435. The van der Waals surface area contributed by atoms with Crippen LogP contribution in [0.5, 0.6) is 0 Å². The highest BCUT2D eigenvalue weighted by Crippen LogP contribution is 2.54. The van der Waals surface area contributed by atoms with E-state index in [1.54, 1.807) is 0 Å². The van der Waals surface area contributed by atoms with Crippen molar-refractivity contribution >= 4 is 15.7 Å². The van der Waals surface area contributed by atoms with E-state index in [4.69, 9.17) is 5.11 Å². The smallest absolute Gasteiger partial charge is 0.387 e. The SMILES string of the molecule is O=C(CO)N[C@H]1CC[C@@](c2ccc(C(F)(C(F)(F)F)C(F)(F)F)cc2)(S(=O)(=O)c2ccc(F)cc2)CC1. The fourth-order valence-electron chi connectivity index (χ4n) is 4.55. The van der Waals surface area contributed by atoms with E-state index in [1.165, 1.54) is 0 Å². The van der Waals surface area contributed by atoms with Crippen molar-refractivity contribution in [1.29, 1.82) is 0 Å². The van der Waals surface area contributed by atoms with E-state index in [2.05, 4.69) is 5.32 Å². The van der Waals surface area contributed by atoms with Gasteiger partial charge in [-0.05, 0) is 55.5 Å². The normalized spacial score (nSPS) is 21.5. The maximum atomic E-state index is 14.5. The molecule has 0 aromatic heterocycles. The molecule has 0 heterocycles. The van der Waals surface area contributed by atoms with Gasteiger partial charge < -0.3 is 10.4 Å². The molecular formula is C23H21F8NO4S. The molecule has 37 heavy (non-hydrogen) atoms. The molecule has 5 nitrogen and oxygen atoms in total. The number of carbonyl (C=O) groups is 1. The number of halogens is 8. The van der Waals surface area contributed by atoms with Gasteiger partial charge in [0.25, 0.3) is 0 Å². The Labute approximate surface area is 206 Å². The van der Waals surface area contributed by atoms with Crippen molar-refractivity contribution in [3.05, 3.63) is 65.5 Å². The number of nitrogens with one attached hydrogen (secondary N) is 1. The van der Waals surface area contributed by atoms with Crippen LogP contribution in [0.3, 0.4) is 0 Å². The molecule has 3 rings (SSSR count). The van der Waals surface area contributed by atoms with Crippen molar-refractivity contribution in [2.24, 2.45) is 0 Å². The number of hydrogen-bond acceptors (Lipinski definition) is 4. The number of aliphatic hydroxyl groups is 1. The zero-order valence-corrected chi connectivity index (χ0v) is 19.7. The van der Waals surface area contributed by atoms with Gasteiger partial charge >= 0.3 is 18.0 Å². The molecule has 0 aliphatic heterocycles. The van der Waals surface area contributed by atoms with Gasteiger partial charge in [0, 0.05) is 11.6 Å². The molecule has 14 heteroatoms. The third-order valence-corrected chi connectivity index (χ3v) is 9.10. The monoisotopic (exact) mass is 559 g/mol. The Balaban J connectivity index is 2.11. The lowest BCUT2D eigenvalue weighted by atomic mass is 9.80. The van der Waals surface area contributed by atoms with Crippen LogP contribution in [0.2, 0.25) is 0 Å². The van der Waals surface area contributed by atoms with E-state index in [0.29, 0.717) is 12.1 Å². The van der Waals surface area contributed by atoms with Crippen LogP contribution in [0.15, 0.2) is 53.4 Å². The second-order valence-electron chi connectivity index (χ2n) is 8.68. The summed E-state index contributed by atoms with van der Waals surface area (Å²) in [7, 11) is -4.42. The number of aliphatic hydroxyl groups excluding tert-OH is 1. The Morgan fingerprint density at radius 1 is 0.892 bits per heavy atom. The van der Waals surface area contributed by atoms with Crippen LogP contribution in [-0.2, 0) is 25.0 Å². The highest BCUT2D eigenvalue weighted by atomic mass is 32.2. The summed E-state index contributed by atoms with van der Waals surface area (Å²) in [6.45, 7) is -0.819. The van der Waals surface area contributed by atoms with Crippen LogP contribution in [-0.4, -0.2) is 44.4 Å². The lowest BCUT2D eigenvalue weighted by Crippen LogP contribution is -2.50. The number of benzene rings is 2. The van der Waals surface area contributed by atoms with Crippen molar-refractivity contribution in [3.8, 4) is 0 Å². The highest BCUT2D eigenvalue weighted by Gasteiger charge is 2.73.